The Morgan fingerprint density at radius 1 is 1.43 bits per heavy atom. The second-order valence-electron chi connectivity index (χ2n) is 2.86. The highest BCUT2D eigenvalue weighted by atomic mass is 32.2. The predicted molar refractivity (Wildman–Crippen MR) is 65.9 cm³/mol. The summed E-state index contributed by atoms with van der Waals surface area (Å²) < 4.78 is 0. The minimum absolute atomic E-state index is 0.523. The maximum absolute atomic E-state index is 5.51. The first-order valence-electron chi connectivity index (χ1n) is 4.55. The van der Waals surface area contributed by atoms with Gasteiger partial charge in [-0.3, -0.25) is 0 Å². The number of benzene rings is 1. The van der Waals surface area contributed by atoms with E-state index in [2.05, 4.69) is 24.8 Å². The van der Waals surface area contributed by atoms with Gasteiger partial charge in [-0.05, 0) is 17.4 Å². The zero-order chi connectivity index (χ0) is 10.4. The van der Waals surface area contributed by atoms with Crippen molar-refractivity contribution in [3.63, 3.8) is 0 Å². The van der Waals surface area contributed by atoms with Crippen molar-refractivity contribution >= 4 is 16.7 Å². The largest absolute Gasteiger partial charge is 0.326 e. The van der Waals surface area contributed by atoms with E-state index in [0.717, 1.165) is 4.91 Å². The summed E-state index contributed by atoms with van der Waals surface area (Å²) in [5.41, 5.74) is 6.72. The third-order valence-corrected chi connectivity index (χ3v) is 2.95. The van der Waals surface area contributed by atoms with Crippen LogP contribution in [0.5, 0.6) is 0 Å². The average Bonchev–Trinajstić information content (AvgIpc) is 2.26. The molecule has 0 saturated carbocycles. The Balaban J connectivity index is 2.79. The molecule has 0 aliphatic heterocycles. The SMILES string of the molecule is C=C(CN)S/C(=C\C)c1ccccc1. The van der Waals surface area contributed by atoms with Crippen molar-refractivity contribution in [2.24, 2.45) is 5.73 Å². The van der Waals surface area contributed by atoms with E-state index in [0.29, 0.717) is 6.54 Å². The van der Waals surface area contributed by atoms with Crippen molar-refractivity contribution in [1.82, 2.24) is 0 Å². The molecular weight excluding hydrogens is 190 g/mol. The van der Waals surface area contributed by atoms with Crippen LogP contribution in [-0.4, -0.2) is 6.54 Å². The van der Waals surface area contributed by atoms with Gasteiger partial charge in [0.2, 0.25) is 0 Å². The van der Waals surface area contributed by atoms with Crippen LogP contribution in [-0.2, 0) is 0 Å². The van der Waals surface area contributed by atoms with Gasteiger partial charge in [0.1, 0.15) is 0 Å². The monoisotopic (exact) mass is 205 g/mol. The molecular formula is C12H15NS. The third kappa shape index (κ3) is 3.05. The van der Waals surface area contributed by atoms with E-state index in [1.165, 1.54) is 10.5 Å². The van der Waals surface area contributed by atoms with Crippen LogP contribution in [0.2, 0.25) is 0 Å². The summed E-state index contributed by atoms with van der Waals surface area (Å²) in [5.74, 6) is 0. The third-order valence-electron chi connectivity index (χ3n) is 1.80. The molecule has 0 atom stereocenters. The Bertz CT molecular complexity index is 327. The fraction of sp³-hybridized carbons (Fsp3) is 0.167. The molecule has 2 heteroatoms. The van der Waals surface area contributed by atoms with E-state index in [-0.39, 0.29) is 0 Å². The first-order chi connectivity index (χ1) is 6.77. The summed E-state index contributed by atoms with van der Waals surface area (Å²) in [4.78, 5) is 2.20. The van der Waals surface area contributed by atoms with E-state index in [9.17, 15) is 0 Å². The van der Waals surface area contributed by atoms with Crippen LogP contribution in [0.15, 0.2) is 47.9 Å². The Morgan fingerprint density at radius 2 is 2.07 bits per heavy atom. The number of rotatable bonds is 4. The zero-order valence-electron chi connectivity index (χ0n) is 8.36. The van der Waals surface area contributed by atoms with Gasteiger partial charge in [-0.25, -0.2) is 0 Å². The van der Waals surface area contributed by atoms with Crippen LogP contribution >= 0.6 is 11.8 Å². The molecule has 1 aromatic rings. The van der Waals surface area contributed by atoms with Crippen molar-refractivity contribution in [3.8, 4) is 0 Å². The zero-order valence-corrected chi connectivity index (χ0v) is 9.18. The van der Waals surface area contributed by atoms with Crippen LogP contribution in [0.3, 0.4) is 0 Å². The molecule has 0 radical (unpaired) electrons. The van der Waals surface area contributed by atoms with Gasteiger partial charge in [-0.1, -0.05) is 54.7 Å². The van der Waals surface area contributed by atoms with Gasteiger partial charge in [-0.2, -0.15) is 0 Å². The van der Waals surface area contributed by atoms with Gasteiger partial charge in [-0.15, -0.1) is 0 Å². The lowest BCUT2D eigenvalue weighted by atomic mass is 10.2. The van der Waals surface area contributed by atoms with E-state index in [4.69, 9.17) is 5.73 Å². The Labute approximate surface area is 89.7 Å². The summed E-state index contributed by atoms with van der Waals surface area (Å²) in [7, 11) is 0. The standard InChI is InChI=1S/C12H15NS/c1-3-12(14-10(2)9-13)11-7-5-4-6-8-11/h3-8H,2,9,13H2,1H3/b12-3-. The molecule has 0 bridgehead atoms. The lowest BCUT2D eigenvalue weighted by Gasteiger charge is -2.07. The van der Waals surface area contributed by atoms with Gasteiger partial charge in [0, 0.05) is 11.4 Å². The maximum Gasteiger partial charge on any atom is 0.0236 e. The van der Waals surface area contributed by atoms with Gasteiger partial charge in [0.05, 0.1) is 0 Å². The molecule has 0 unspecified atom stereocenters. The minimum atomic E-state index is 0.523. The summed E-state index contributed by atoms with van der Waals surface area (Å²) in [6.45, 7) is 6.43. The topological polar surface area (TPSA) is 26.0 Å². The predicted octanol–water partition coefficient (Wildman–Crippen LogP) is 3.25. The molecule has 2 N–H and O–H groups in total. The first-order valence-corrected chi connectivity index (χ1v) is 5.37. The molecule has 74 valence electrons. The molecule has 0 saturated heterocycles. The van der Waals surface area contributed by atoms with Crippen molar-refractivity contribution < 1.29 is 0 Å². The molecule has 0 heterocycles. The van der Waals surface area contributed by atoms with Gasteiger partial charge >= 0.3 is 0 Å². The second kappa shape index (κ2) is 5.68. The van der Waals surface area contributed by atoms with Gasteiger partial charge in [0.15, 0.2) is 0 Å². The molecule has 14 heavy (non-hydrogen) atoms. The van der Waals surface area contributed by atoms with Crippen LogP contribution in [0.4, 0.5) is 0 Å². The lowest BCUT2D eigenvalue weighted by molar-refractivity contribution is 1.24. The van der Waals surface area contributed by atoms with Crippen molar-refractivity contribution in [3.05, 3.63) is 53.5 Å². The molecule has 1 aromatic carbocycles. The fourth-order valence-corrected chi connectivity index (χ4v) is 1.85. The Kier molecular flexibility index (Phi) is 4.50. The Morgan fingerprint density at radius 3 is 2.57 bits per heavy atom. The fourth-order valence-electron chi connectivity index (χ4n) is 1.08. The molecule has 0 aromatic heterocycles. The van der Waals surface area contributed by atoms with Gasteiger partial charge in [0.25, 0.3) is 0 Å². The molecule has 1 nitrogen and oxygen atoms in total. The average molecular weight is 205 g/mol. The van der Waals surface area contributed by atoms with Crippen LogP contribution in [0.1, 0.15) is 12.5 Å². The highest BCUT2D eigenvalue weighted by Crippen LogP contribution is 2.31. The summed E-state index contributed by atoms with van der Waals surface area (Å²) in [5, 5.41) is 0. The smallest absolute Gasteiger partial charge is 0.0236 e. The molecule has 0 aliphatic rings. The minimum Gasteiger partial charge on any atom is -0.326 e. The molecule has 0 aliphatic carbocycles. The summed E-state index contributed by atoms with van der Waals surface area (Å²) >= 11 is 1.64. The summed E-state index contributed by atoms with van der Waals surface area (Å²) in [6, 6.07) is 10.3. The highest BCUT2D eigenvalue weighted by Gasteiger charge is 2.01. The number of thioether (sulfide) groups is 1. The number of nitrogens with two attached hydrogens (primary N) is 1. The maximum atomic E-state index is 5.51. The lowest BCUT2D eigenvalue weighted by Crippen LogP contribution is -1.98. The van der Waals surface area contributed by atoms with Crippen LogP contribution in [0.25, 0.3) is 4.91 Å². The van der Waals surface area contributed by atoms with Crippen molar-refractivity contribution in [1.29, 1.82) is 0 Å². The summed E-state index contributed by atoms with van der Waals surface area (Å²) in [6.07, 6.45) is 2.08. The number of allylic oxidation sites excluding steroid dienone is 1. The first kappa shape index (κ1) is 11.1. The number of hydrogen-bond donors (Lipinski definition) is 1. The van der Waals surface area contributed by atoms with E-state index in [1.54, 1.807) is 11.8 Å². The van der Waals surface area contributed by atoms with Gasteiger partial charge < -0.3 is 5.73 Å². The normalized spacial score (nSPS) is 11.4. The highest BCUT2D eigenvalue weighted by molar-refractivity contribution is 8.11. The molecule has 0 spiro atoms. The number of hydrogen-bond acceptors (Lipinski definition) is 2. The van der Waals surface area contributed by atoms with Crippen molar-refractivity contribution in [2.45, 2.75) is 6.92 Å². The Hall–Kier alpha value is -0.990. The quantitative estimate of drug-likeness (QED) is 0.816. The van der Waals surface area contributed by atoms with Crippen molar-refractivity contribution in [2.75, 3.05) is 6.54 Å². The van der Waals surface area contributed by atoms with Crippen LogP contribution in [0, 0.1) is 0 Å². The van der Waals surface area contributed by atoms with E-state index < -0.39 is 0 Å². The molecule has 0 fully saturated rings. The molecule has 0 amide bonds. The molecule has 1 rings (SSSR count). The van der Waals surface area contributed by atoms with E-state index >= 15 is 0 Å². The second-order valence-corrected chi connectivity index (χ2v) is 4.09. The van der Waals surface area contributed by atoms with E-state index in [1.807, 2.05) is 25.1 Å². The van der Waals surface area contributed by atoms with Crippen LogP contribution < -0.4 is 5.73 Å².